The Bertz CT molecular complexity index is 382. The van der Waals surface area contributed by atoms with Crippen molar-refractivity contribution in [3.8, 4) is 0 Å². The molecule has 0 aliphatic heterocycles. The number of hydrogen-bond donors (Lipinski definition) is 0. The van der Waals surface area contributed by atoms with Crippen molar-refractivity contribution in [1.82, 2.24) is 4.98 Å². The maximum atomic E-state index is 11.7. The average molecular weight is 296 g/mol. The Morgan fingerprint density at radius 3 is 2.55 bits per heavy atom. The van der Waals surface area contributed by atoms with Gasteiger partial charge in [-0.15, -0.1) is 0 Å². The van der Waals surface area contributed by atoms with E-state index in [2.05, 4.69) is 4.98 Å². The predicted octanol–water partition coefficient (Wildman–Crippen LogP) is 2.12. The molecule has 0 aliphatic carbocycles. The third-order valence-electron chi connectivity index (χ3n) is 2.52. The minimum Gasteiger partial charge on any atom is -0.465 e. The zero-order chi connectivity index (χ0) is 14.8. The average Bonchev–Trinajstić information content (AvgIpc) is 2.45. The summed E-state index contributed by atoms with van der Waals surface area (Å²) in [6.45, 7) is 7.39. The van der Waals surface area contributed by atoms with Crippen molar-refractivity contribution in [3.63, 3.8) is 0 Å². The van der Waals surface area contributed by atoms with E-state index in [1.165, 1.54) is 0 Å². The highest BCUT2D eigenvalue weighted by Gasteiger charge is 2.25. The van der Waals surface area contributed by atoms with Crippen molar-refractivity contribution in [2.75, 3.05) is 19.8 Å². The van der Waals surface area contributed by atoms with Gasteiger partial charge >= 0.3 is 15.3 Å². The number of hydrogen-bond acceptors (Lipinski definition) is 5. The molecule has 0 N–H and O–H groups in total. The van der Waals surface area contributed by atoms with Gasteiger partial charge in [0.15, 0.2) is 0 Å². The summed E-state index contributed by atoms with van der Waals surface area (Å²) in [5, 5.41) is 0. The van der Waals surface area contributed by atoms with Crippen LogP contribution in [0.3, 0.4) is 0 Å². The lowest BCUT2D eigenvalue weighted by molar-refractivity contribution is -0.143. The van der Waals surface area contributed by atoms with Gasteiger partial charge in [-0.2, -0.15) is 0 Å². The smallest absolute Gasteiger partial charge is 0.391 e. The molecule has 20 heavy (non-hydrogen) atoms. The van der Waals surface area contributed by atoms with Gasteiger partial charge < -0.3 is 13.6 Å². The van der Waals surface area contributed by atoms with Crippen molar-refractivity contribution >= 4 is 15.3 Å². The van der Waals surface area contributed by atoms with Crippen molar-refractivity contribution in [3.05, 3.63) is 30.1 Å². The highest BCUT2D eigenvalue weighted by molar-refractivity contribution is 6.46. The minimum absolute atomic E-state index is 0.0904. The largest absolute Gasteiger partial charge is 0.465 e. The maximum Gasteiger partial charge on any atom is 0.391 e. The quantitative estimate of drug-likeness (QED) is 0.516. The molecule has 0 spiro atoms. The highest BCUT2D eigenvalue weighted by atomic mass is 28.3. The molecular formula is C14H22NO4Si. The molecule has 0 bridgehead atoms. The summed E-state index contributed by atoms with van der Waals surface area (Å²) in [5.74, 6) is -0.273. The molecule has 5 nitrogen and oxygen atoms in total. The van der Waals surface area contributed by atoms with Crippen LogP contribution in [0.2, 0.25) is 5.54 Å². The van der Waals surface area contributed by atoms with Gasteiger partial charge in [0.1, 0.15) is 0 Å². The first kappa shape index (κ1) is 16.8. The Morgan fingerprint density at radius 2 is 2.00 bits per heavy atom. The molecule has 6 heteroatoms. The van der Waals surface area contributed by atoms with Crippen LogP contribution in [0, 0.1) is 0 Å². The second kappa shape index (κ2) is 9.63. The first-order valence-corrected chi connectivity index (χ1v) is 8.24. The molecule has 0 amide bonds. The van der Waals surface area contributed by atoms with E-state index >= 15 is 0 Å². The van der Waals surface area contributed by atoms with Crippen LogP contribution in [0.4, 0.5) is 0 Å². The Balaban J connectivity index is 2.35. The standard InChI is InChI=1S/C14H22NO4Si/c1-4-18-20(19-5-2)12(3)11-17-14(16)10-13-8-6-7-9-15-13/h6-9,12H,4-5,10-11H2,1-3H3. The van der Waals surface area contributed by atoms with E-state index in [1.807, 2.05) is 32.9 Å². The topological polar surface area (TPSA) is 57.7 Å². The lowest BCUT2D eigenvalue weighted by atomic mass is 10.3. The van der Waals surface area contributed by atoms with Gasteiger partial charge in [-0.05, 0) is 26.0 Å². The Kier molecular flexibility index (Phi) is 8.09. The predicted molar refractivity (Wildman–Crippen MR) is 77.3 cm³/mol. The van der Waals surface area contributed by atoms with Gasteiger partial charge in [0.25, 0.3) is 0 Å². The van der Waals surface area contributed by atoms with Crippen LogP contribution >= 0.6 is 0 Å². The zero-order valence-electron chi connectivity index (χ0n) is 12.3. The summed E-state index contributed by atoms with van der Waals surface area (Å²) in [5.41, 5.74) is 0.804. The number of carbonyl (C=O) groups excluding carboxylic acids is 1. The summed E-state index contributed by atoms with van der Waals surface area (Å²) in [6.07, 6.45) is 1.86. The van der Waals surface area contributed by atoms with Crippen LogP contribution in [0.25, 0.3) is 0 Å². The number of ether oxygens (including phenoxy) is 1. The van der Waals surface area contributed by atoms with Crippen LogP contribution < -0.4 is 0 Å². The van der Waals surface area contributed by atoms with Crippen LogP contribution in [0.15, 0.2) is 24.4 Å². The number of carbonyl (C=O) groups is 1. The highest BCUT2D eigenvalue weighted by Crippen LogP contribution is 2.13. The molecule has 1 heterocycles. The fourth-order valence-corrected chi connectivity index (χ4v) is 3.04. The van der Waals surface area contributed by atoms with E-state index in [0.29, 0.717) is 25.5 Å². The molecule has 0 aliphatic rings. The second-order valence-corrected chi connectivity index (χ2v) is 6.47. The summed E-state index contributed by atoms with van der Waals surface area (Å²) < 4.78 is 16.4. The third kappa shape index (κ3) is 6.27. The van der Waals surface area contributed by atoms with E-state index in [0.717, 1.165) is 0 Å². The molecule has 1 unspecified atom stereocenters. The normalized spacial score (nSPS) is 12.4. The number of pyridine rings is 1. The molecule has 1 rings (SSSR count). The van der Waals surface area contributed by atoms with Crippen molar-refractivity contribution < 1.29 is 18.4 Å². The first-order chi connectivity index (χ1) is 9.67. The molecule has 0 aromatic carbocycles. The molecule has 1 aromatic rings. The van der Waals surface area contributed by atoms with Crippen LogP contribution in [0.5, 0.6) is 0 Å². The molecule has 111 valence electrons. The van der Waals surface area contributed by atoms with Crippen molar-refractivity contribution in [1.29, 1.82) is 0 Å². The van der Waals surface area contributed by atoms with E-state index in [1.54, 1.807) is 12.3 Å². The molecule has 1 atom stereocenters. The zero-order valence-corrected chi connectivity index (χ0v) is 13.3. The summed E-state index contributed by atoms with van der Waals surface area (Å²) in [4.78, 5) is 15.8. The first-order valence-electron chi connectivity index (χ1n) is 6.85. The fraction of sp³-hybridized carbons (Fsp3) is 0.571. The fourth-order valence-electron chi connectivity index (χ4n) is 1.60. The van der Waals surface area contributed by atoms with E-state index < -0.39 is 9.28 Å². The van der Waals surface area contributed by atoms with Gasteiger partial charge in [-0.25, -0.2) is 0 Å². The SMILES string of the molecule is CCO[Si](OCC)C(C)COC(=O)Cc1ccccn1. The molecule has 0 fully saturated rings. The number of esters is 1. The maximum absolute atomic E-state index is 11.7. The summed E-state index contributed by atoms with van der Waals surface area (Å²) in [7, 11) is -1.38. The van der Waals surface area contributed by atoms with Gasteiger partial charge in [0.05, 0.1) is 18.7 Å². The molecule has 0 saturated carbocycles. The van der Waals surface area contributed by atoms with E-state index in [-0.39, 0.29) is 17.9 Å². The van der Waals surface area contributed by atoms with Gasteiger partial charge in [-0.1, -0.05) is 13.0 Å². The van der Waals surface area contributed by atoms with Crippen LogP contribution in [0.1, 0.15) is 26.5 Å². The lowest BCUT2D eigenvalue weighted by Gasteiger charge is -2.19. The third-order valence-corrected chi connectivity index (χ3v) is 4.64. The number of nitrogens with zero attached hydrogens (tertiary/aromatic N) is 1. The molecule has 1 radical (unpaired) electrons. The van der Waals surface area contributed by atoms with Gasteiger partial charge in [0.2, 0.25) is 0 Å². The van der Waals surface area contributed by atoms with Crippen molar-refractivity contribution in [2.45, 2.75) is 32.7 Å². The number of aromatic nitrogens is 1. The Labute approximate surface area is 122 Å². The second-order valence-electron chi connectivity index (χ2n) is 4.27. The van der Waals surface area contributed by atoms with Crippen molar-refractivity contribution in [2.24, 2.45) is 0 Å². The number of rotatable bonds is 9. The monoisotopic (exact) mass is 296 g/mol. The van der Waals surface area contributed by atoms with Gasteiger partial charge in [-0.3, -0.25) is 9.78 Å². The minimum atomic E-state index is -1.38. The van der Waals surface area contributed by atoms with Crippen LogP contribution in [-0.4, -0.2) is 40.1 Å². The summed E-state index contributed by atoms with van der Waals surface area (Å²) >= 11 is 0. The van der Waals surface area contributed by atoms with E-state index in [4.69, 9.17) is 13.6 Å². The molecule has 1 aromatic heterocycles. The lowest BCUT2D eigenvalue weighted by Crippen LogP contribution is -2.31. The van der Waals surface area contributed by atoms with E-state index in [9.17, 15) is 4.79 Å². The molecule has 0 saturated heterocycles. The van der Waals surface area contributed by atoms with Crippen LogP contribution in [-0.2, 0) is 24.8 Å². The Hall–Kier alpha value is -1.24. The summed E-state index contributed by atoms with van der Waals surface area (Å²) in [6, 6.07) is 5.47. The molecular weight excluding hydrogens is 274 g/mol. The van der Waals surface area contributed by atoms with Gasteiger partial charge in [0, 0.05) is 25.0 Å². The Morgan fingerprint density at radius 1 is 1.30 bits per heavy atom.